The summed E-state index contributed by atoms with van der Waals surface area (Å²) >= 11 is 3.44. The highest BCUT2D eigenvalue weighted by Crippen LogP contribution is 2.25. The molecule has 0 aliphatic carbocycles. The summed E-state index contributed by atoms with van der Waals surface area (Å²) in [5, 5.41) is 5.94. The zero-order valence-corrected chi connectivity index (χ0v) is 12.3. The average molecular weight is 315 g/mol. The largest absolute Gasteiger partial charge is 0.483 e. The van der Waals surface area contributed by atoms with Gasteiger partial charge in [0.1, 0.15) is 5.75 Å². The lowest BCUT2D eigenvalue weighted by molar-refractivity contribution is -0.122. The van der Waals surface area contributed by atoms with Crippen LogP contribution in [0.15, 0.2) is 22.7 Å². The average Bonchev–Trinajstić information content (AvgIpc) is 2.35. The van der Waals surface area contributed by atoms with E-state index in [2.05, 4.69) is 33.5 Å². The minimum absolute atomic E-state index is 0.0407. The summed E-state index contributed by atoms with van der Waals surface area (Å²) in [6.07, 6.45) is 0. The van der Waals surface area contributed by atoms with Crippen LogP contribution in [0.2, 0.25) is 0 Å². The van der Waals surface area contributed by atoms with E-state index in [0.29, 0.717) is 12.3 Å². The van der Waals surface area contributed by atoms with E-state index in [1.165, 1.54) is 5.56 Å². The number of amides is 1. The Balaban J connectivity index is 2.54. The van der Waals surface area contributed by atoms with Crippen LogP contribution in [0.1, 0.15) is 19.4 Å². The van der Waals surface area contributed by atoms with Crippen LogP contribution in [-0.2, 0) is 11.3 Å². The van der Waals surface area contributed by atoms with Gasteiger partial charge in [0.25, 0.3) is 5.91 Å². The van der Waals surface area contributed by atoms with Crippen molar-refractivity contribution in [3.05, 3.63) is 28.2 Å². The van der Waals surface area contributed by atoms with Crippen molar-refractivity contribution in [2.24, 2.45) is 0 Å². The lowest BCUT2D eigenvalue weighted by Crippen LogP contribution is -2.28. The van der Waals surface area contributed by atoms with Crippen LogP contribution in [0, 0.1) is 0 Å². The molecule has 0 radical (unpaired) electrons. The summed E-state index contributed by atoms with van der Waals surface area (Å²) in [6.45, 7) is 6.37. The zero-order valence-electron chi connectivity index (χ0n) is 10.8. The van der Waals surface area contributed by atoms with Crippen LogP contribution in [0.4, 0.5) is 0 Å². The van der Waals surface area contributed by atoms with Crippen molar-refractivity contribution in [3.8, 4) is 5.75 Å². The molecule has 0 aliphatic rings. The number of carbonyl (C=O) groups is 1. The Labute approximate surface area is 116 Å². The van der Waals surface area contributed by atoms with E-state index in [1.807, 2.05) is 25.1 Å². The number of nitrogens with one attached hydrogen (secondary N) is 2. The Kier molecular flexibility index (Phi) is 6.75. The van der Waals surface area contributed by atoms with Crippen LogP contribution < -0.4 is 15.4 Å². The minimum Gasteiger partial charge on any atom is -0.483 e. The first-order chi connectivity index (χ1) is 8.67. The topological polar surface area (TPSA) is 50.4 Å². The molecule has 0 aromatic heterocycles. The second kappa shape index (κ2) is 8.11. The summed E-state index contributed by atoms with van der Waals surface area (Å²) in [7, 11) is 0. The molecule has 0 saturated heterocycles. The van der Waals surface area contributed by atoms with Gasteiger partial charge in [-0.3, -0.25) is 4.79 Å². The quantitative estimate of drug-likeness (QED) is 0.810. The third-order valence-electron chi connectivity index (χ3n) is 2.31. The molecule has 100 valence electrons. The van der Waals surface area contributed by atoms with Gasteiger partial charge in [0, 0.05) is 13.1 Å². The van der Waals surface area contributed by atoms with E-state index in [1.54, 1.807) is 0 Å². The summed E-state index contributed by atoms with van der Waals surface area (Å²) in [5.41, 5.74) is 1.18. The Morgan fingerprint density at radius 1 is 1.33 bits per heavy atom. The Morgan fingerprint density at radius 2 is 2.11 bits per heavy atom. The molecule has 1 aromatic rings. The van der Waals surface area contributed by atoms with Crippen molar-refractivity contribution in [2.45, 2.75) is 20.4 Å². The fraction of sp³-hybridized carbons (Fsp3) is 0.462. The number of rotatable bonds is 7. The molecule has 0 fully saturated rings. The molecule has 0 heterocycles. The number of hydrogen-bond acceptors (Lipinski definition) is 3. The molecule has 18 heavy (non-hydrogen) atoms. The zero-order chi connectivity index (χ0) is 13.4. The van der Waals surface area contributed by atoms with E-state index in [9.17, 15) is 4.79 Å². The van der Waals surface area contributed by atoms with Gasteiger partial charge in [0.15, 0.2) is 6.61 Å². The maximum absolute atomic E-state index is 11.3. The first-order valence-corrected chi connectivity index (χ1v) is 6.85. The van der Waals surface area contributed by atoms with Crippen molar-refractivity contribution < 1.29 is 9.53 Å². The summed E-state index contributed by atoms with van der Waals surface area (Å²) in [4.78, 5) is 11.3. The Hall–Kier alpha value is -1.07. The first-order valence-electron chi connectivity index (χ1n) is 6.06. The standard InChI is InChI=1S/C13H19BrN2O2/c1-3-15-8-10-5-6-12(11(14)7-10)18-9-13(17)16-4-2/h5-7,15H,3-4,8-9H2,1-2H3,(H,16,17). The monoisotopic (exact) mass is 314 g/mol. The summed E-state index contributed by atoms with van der Waals surface area (Å²) in [5.74, 6) is 0.572. The van der Waals surface area contributed by atoms with Gasteiger partial charge in [0.2, 0.25) is 0 Å². The van der Waals surface area contributed by atoms with Crippen molar-refractivity contribution in [3.63, 3.8) is 0 Å². The van der Waals surface area contributed by atoms with Crippen molar-refractivity contribution in [1.82, 2.24) is 10.6 Å². The van der Waals surface area contributed by atoms with Crippen LogP contribution in [0.25, 0.3) is 0 Å². The van der Waals surface area contributed by atoms with E-state index in [0.717, 1.165) is 17.6 Å². The van der Waals surface area contributed by atoms with Gasteiger partial charge in [-0.2, -0.15) is 0 Å². The van der Waals surface area contributed by atoms with Crippen LogP contribution in [-0.4, -0.2) is 25.6 Å². The number of halogens is 1. The lowest BCUT2D eigenvalue weighted by atomic mass is 10.2. The molecule has 4 nitrogen and oxygen atoms in total. The second-order valence-corrected chi connectivity index (χ2v) is 4.64. The normalized spacial score (nSPS) is 10.2. The molecule has 0 aliphatic heterocycles. The predicted molar refractivity (Wildman–Crippen MR) is 75.7 cm³/mol. The smallest absolute Gasteiger partial charge is 0.257 e. The van der Waals surface area contributed by atoms with Gasteiger partial charge in [-0.1, -0.05) is 13.0 Å². The van der Waals surface area contributed by atoms with Crippen LogP contribution in [0.5, 0.6) is 5.75 Å². The lowest BCUT2D eigenvalue weighted by Gasteiger charge is -2.10. The van der Waals surface area contributed by atoms with Crippen LogP contribution in [0.3, 0.4) is 0 Å². The highest BCUT2D eigenvalue weighted by Gasteiger charge is 2.05. The number of benzene rings is 1. The third-order valence-corrected chi connectivity index (χ3v) is 2.93. The molecular formula is C13H19BrN2O2. The van der Waals surface area contributed by atoms with Gasteiger partial charge in [-0.05, 0) is 47.1 Å². The molecule has 0 unspecified atom stereocenters. The van der Waals surface area contributed by atoms with Gasteiger partial charge in [-0.25, -0.2) is 0 Å². The van der Waals surface area contributed by atoms with Crippen LogP contribution >= 0.6 is 15.9 Å². The maximum atomic E-state index is 11.3. The fourth-order valence-corrected chi connectivity index (χ4v) is 1.97. The molecule has 1 amide bonds. The van der Waals surface area contributed by atoms with Gasteiger partial charge in [-0.15, -0.1) is 0 Å². The SMILES string of the molecule is CCNCc1ccc(OCC(=O)NCC)c(Br)c1. The predicted octanol–water partition coefficient (Wildman–Crippen LogP) is 2.07. The number of carbonyl (C=O) groups excluding carboxylic acids is 1. The summed E-state index contributed by atoms with van der Waals surface area (Å²) in [6, 6.07) is 5.85. The minimum atomic E-state index is -0.110. The summed E-state index contributed by atoms with van der Waals surface area (Å²) < 4.78 is 6.29. The molecule has 0 saturated carbocycles. The number of ether oxygens (including phenoxy) is 1. The van der Waals surface area contributed by atoms with E-state index >= 15 is 0 Å². The van der Waals surface area contributed by atoms with Crippen molar-refractivity contribution in [1.29, 1.82) is 0 Å². The molecule has 0 bridgehead atoms. The molecule has 0 atom stereocenters. The molecular weight excluding hydrogens is 296 g/mol. The molecule has 2 N–H and O–H groups in total. The van der Waals surface area contributed by atoms with Gasteiger partial charge in [0.05, 0.1) is 4.47 Å². The van der Waals surface area contributed by atoms with E-state index in [4.69, 9.17) is 4.74 Å². The number of hydrogen-bond donors (Lipinski definition) is 2. The highest BCUT2D eigenvalue weighted by molar-refractivity contribution is 9.10. The Morgan fingerprint density at radius 3 is 2.72 bits per heavy atom. The van der Waals surface area contributed by atoms with Crippen molar-refractivity contribution >= 4 is 21.8 Å². The third kappa shape index (κ3) is 5.06. The fourth-order valence-electron chi connectivity index (χ4n) is 1.43. The Bertz CT molecular complexity index is 397. The molecule has 0 spiro atoms. The highest BCUT2D eigenvalue weighted by atomic mass is 79.9. The second-order valence-electron chi connectivity index (χ2n) is 3.79. The first kappa shape index (κ1) is 15.0. The molecule has 1 rings (SSSR count). The molecule has 1 aromatic carbocycles. The van der Waals surface area contributed by atoms with Crippen molar-refractivity contribution in [2.75, 3.05) is 19.7 Å². The maximum Gasteiger partial charge on any atom is 0.257 e. The van der Waals surface area contributed by atoms with E-state index in [-0.39, 0.29) is 12.5 Å². The number of likely N-dealkylation sites (N-methyl/N-ethyl adjacent to an activating group) is 1. The molecule has 5 heteroatoms. The van der Waals surface area contributed by atoms with Gasteiger partial charge >= 0.3 is 0 Å². The van der Waals surface area contributed by atoms with Gasteiger partial charge < -0.3 is 15.4 Å². The van der Waals surface area contributed by atoms with E-state index < -0.39 is 0 Å².